The van der Waals surface area contributed by atoms with Gasteiger partial charge in [-0.15, -0.1) is 23.5 Å². The molecule has 3 rings (SSSR count). The Kier molecular flexibility index (Phi) is 8.82. The first-order valence-electron chi connectivity index (χ1n) is 11.2. The van der Waals surface area contributed by atoms with Gasteiger partial charge in [0.1, 0.15) is 0 Å². The van der Waals surface area contributed by atoms with Gasteiger partial charge in [0.25, 0.3) is 0 Å². The fourth-order valence-electron chi connectivity index (χ4n) is 4.69. The summed E-state index contributed by atoms with van der Waals surface area (Å²) in [5, 5.41) is 0. The molecular formula is C24H36O3S2. The molecule has 1 aliphatic heterocycles. The second kappa shape index (κ2) is 11.1. The van der Waals surface area contributed by atoms with E-state index in [2.05, 4.69) is 60.8 Å². The number of hydrogen-bond donors (Lipinski definition) is 0. The summed E-state index contributed by atoms with van der Waals surface area (Å²) in [6, 6.07) is 10.9. The van der Waals surface area contributed by atoms with E-state index < -0.39 is 0 Å². The molecule has 0 radical (unpaired) electrons. The van der Waals surface area contributed by atoms with E-state index in [1.54, 1.807) is 0 Å². The molecule has 2 fully saturated rings. The minimum absolute atomic E-state index is 0.0754. The molecule has 29 heavy (non-hydrogen) atoms. The van der Waals surface area contributed by atoms with Crippen molar-refractivity contribution in [2.45, 2.75) is 75.4 Å². The lowest BCUT2D eigenvalue weighted by molar-refractivity contribution is -0.143. The fraction of sp³-hybridized carbons (Fsp3) is 0.708. The molecule has 2 atom stereocenters. The Hall–Kier alpha value is -0.650. The summed E-state index contributed by atoms with van der Waals surface area (Å²) in [7, 11) is 0. The van der Waals surface area contributed by atoms with Crippen molar-refractivity contribution in [3.63, 3.8) is 0 Å². The van der Waals surface area contributed by atoms with Crippen LogP contribution >= 0.6 is 23.5 Å². The van der Waals surface area contributed by atoms with Crippen LogP contribution < -0.4 is 0 Å². The van der Waals surface area contributed by atoms with E-state index in [0.29, 0.717) is 13.0 Å². The first-order valence-corrected chi connectivity index (χ1v) is 13.1. The summed E-state index contributed by atoms with van der Waals surface area (Å²) in [4.78, 5) is 11.5. The molecule has 1 aromatic rings. The standard InChI is InChI=1S/C24H36O3S2/c1-3-26-21(25)13-8-5-9-16-27-22-23(2,19-20-11-6-4-7-12-20)14-15-24(22)28-17-10-18-29-24/h4,6-7,11-12,22H,3,5,8-10,13-19H2,1-2H3. The maximum absolute atomic E-state index is 11.5. The largest absolute Gasteiger partial charge is 0.466 e. The molecular weight excluding hydrogens is 400 g/mol. The zero-order valence-corrected chi connectivity index (χ0v) is 19.6. The van der Waals surface area contributed by atoms with E-state index in [-0.39, 0.29) is 21.6 Å². The van der Waals surface area contributed by atoms with Crippen LogP contribution in [0.4, 0.5) is 0 Å². The molecule has 0 aromatic heterocycles. The topological polar surface area (TPSA) is 35.5 Å². The Morgan fingerprint density at radius 1 is 1.10 bits per heavy atom. The van der Waals surface area contributed by atoms with Gasteiger partial charge in [-0.2, -0.15) is 0 Å². The van der Waals surface area contributed by atoms with E-state index >= 15 is 0 Å². The molecule has 2 unspecified atom stereocenters. The van der Waals surface area contributed by atoms with Crippen molar-refractivity contribution < 1.29 is 14.3 Å². The van der Waals surface area contributed by atoms with Gasteiger partial charge in [0.05, 0.1) is 16.8 Å². The molecule has 1 aliphatic carbocycles. The van der Waals surface area contributed by atoms with Gasteiger partial charge < -0.3 is 9.47 Å². The summed E-state index contributed by atoms with van der Waals surface area (Å²) in [5.41, 5.74) is 1.60. The minimum Gasteiger partial charge on any atom is -0.466 e. The monoisotopic (exact) mass is 436 g/mol. The highest BCUT2D eigenvalue weighted by Crippen LogP contribution is 2.60. The lowest BCUT2D eigenvalue weighted by Crippen LogP contribution is -2.44. The third-order valence-electron chi connectivity index (χ3n) is 6.12. The molecule has 1 spiro atoms. The molecule has 0 N–H and O–H groups in total. The van der Waals surface area contributed by atoms with Crippen molar-refractivity contribution in [2.75, 3.05) is 24.7 Å². The number of thioether (sulfide) groups is 2. The molecule has 0 bridgehead atoms. The number of ether oxygens (including phenoxy) is 2. The Bertz CT molecular complexity index is 630. The van der Waals surface area contributed by atoms with E-state index in [4.69, 9.17) is 9.47 Å². The molecule has 0 amide bonds. The van der Waals surface area contributed by atoms with Gasteiger partial charge in [-0.3, -0.25) is 4.79 Å². The first-order chi connectivity index (χ1) is 14.1. The molecule has 3 nitrogen and oxygen atoms in total. The normalized spacial score (nSPS) is 25.9. The van der Waals surface area contributed by atoms with Crippen molar-refractivity contribution in [2.24, 2.45) is 5.41 Å². The number of rotatable bonds is 10. The molecule has 5 heteroatoms. The van der Waals surface area contributed by atoms with Gasteiger partial charge in [-0.05, 0) is 62.5 Å². The average molecular weight is 437 g/mol. The minimum atomic E-state index is -0.0754. The second-order valence-corrected chi connectivity index (χ2v) is 11.7. The number of unbranched alkanes of at least 4 members (excludes halogenated alkanes) is 2. The Morgan fingerprint density at radius 2 is 1.86 bits per heavy atom. The van der Waals surface area contributed by atoms with E-state index in [0.717, 1.165) is 32.3 Å². The van der Waals surface area contributed by atoms with Gasteiger partial charge >= 0.3 is 5.97 Å². The predicted molar refractivity (Wildman–Crippen MR) is 125 cm³/mol. The zero-order chi connectivity index (χ0) is 20.6. The average Bonchev–Trinajstić information content (AvgIpc) is 2.97. The Labute approximate surface area is 185 Å². The highest BCUT2D eigenvalue weighted by atomic mass is 32.2. The number of hydrogen-bond acceptors (Lipinski definition) is 5. The van der Waals surface area contributed by atoms with Crippen LogP contribution in [-0.4, -0.2) is 40.9 Å². The Balaban J connectivity index is 1.57. The number of carbonyl (C=O) groups is 1. The lowest BCUT2D eigenvalue weighted by atomic mass is 9.80. The van der Waals surface area contributed by atoms with E-state index in [1.807, 2.05) is 6.92 Å². The third-order valence-corrected chi connectivity index (χ3v) is 9.63. The maximum Gasteiger partial charge on any atom is 0.305 e. The molecule has 1 saturated heterocycles. The van der Waals surface area contributed by atoms with Crippen molar-refractivity contribution in [1.82, 2.24) is 0 Å². The number of carbonyl (C=O) groups excluding carboxylic acids is 1. The van der Waals surface area contributed by atoms with Gasteiger partial charge in [0.15, 0.2) is 0 Å². The smallest absolute Gasteiger partial charge is 0.305 e. The zero-order valence-electron chi connectivity index (χ0n) is 18.0. The van der Waals surface area contributed by atoms with Crippen LogP contribution in [0, 0.1) is 5.41 Å². The van der Waals surface area contributed by atoms with Crippen LogP contribution in [0.2, 0.25) is 0 Å². The summed E-state index contributed by atoms with van der Waals surface area (Å²) < 4.78 is 11.9. The van der Waals surface area contributed by atoms with Crippen LogP contribution in [0.1, 0.15) is 64.4 Å². The third kappa shape index (κ3) is 6.18. The van der Waals surface area contributed by atoms with Crippen LogP contribution in [0.5, 0.6) is 0 Å². The number of esters is 1. The molecule has 1 aromatic carbocycles. The van der Waals surface area contributed by atoms with Crippen molar-refractivity contribution >= 4 is 29.5 Å². The fourth-order valence-corrected chi connectivity index (χ4v) is 8.48. The summed E-state index contributed by atoms with van der Waals surface area (Å²) >= 11 is 4.30. The van der Waals surface area contributed by atoms with Gasteiger partial charge in [0, 0.05) is 18.4 Å². The Morgan fingerprint density at radius 3 is 2.59 bits per heavy atom. The summed E-state index contributed by atoms with van der Waals surface area (Å²) in [6.45, 7) is 5.56. The molecule has 1 heterocycles. The first kappa shape index (κ1) is 23.0. The molecule has 2 aliphatic rings. The summed E-state index contributed by atoms with van der Waals surface area (Å²) in [6.07, 6.45) is 8.63. The van der Waals surface area contributed by atoms with Gasteiger partial charge in [-0.25, -0.2) is 0 Å². The van der Waals surface area contributed by atoms with E-state index in [9.17, 15) is 4.79 Å². The molecule has 1 saturated carbocycles. The van der Waals surface area contributed by atoms with Crippen LogP contribution in [0.25, 0.3) is 0 Å². The van der Waals surface area contributed by atoms with Crippen LogP contribution in [0.15, 0.2) is 30.3 Å². The van der Waals surface area contributed by atoms with Crippen molar-refractivity contribution in [3.05, 3.63) is 35.9 Å². The van der Waals surface area contributed by atoms with Gasteiger partial charge in [0.2, 0.25) is 0 Å². The van der Waals surface area contributed by atoms with Crippen LogP contribution in [0.3, 0.4) is 0 Å². The highest BCUT2D eigenvalue weighted by molar-refractivity contribution is 8.18. The quantitative estimate of drug-likeness (QED) is 0.327. The van der Waals surface area contributed by atoms with E-state index in [1.165, 1.54) is 36.3 Å². The SMILES string of the molecule is CCOC(=O)CCCCCOC1C(C)(Cc2ccccc2)CCC12SCCCS2. The summed E-state index contributed by atoms with van der Waals surface area (Å²) in [5.74, 6) is 2.44. The van der Waals surface area contributed by atoms with Crippen molar-refractivity contribution in [3.8, 4) is 0 Å². The van der Waals surface area contributed by atoms with Gasteiger partial charge in [-0.1, -0.05) is 43.7 Å². The van der Waals surface area contributed by atoms with Crippen LogP contribution in [-0.2, 0) is 20.7 Å². The maximum atomic E-state index is 11.5. The second-order valence-electron chi connectivity index (χ2n) is 8.55. The lowest BCUT2D eigenvalue weighted by Gasteiger charge is -2.42. The number of benzene rings is 1. The highest BCUT2D eigenvalue weighted by Gasteiger charge is 2.56. The molecule has 162 valence electrons. The van der Waals surface area contributed by atoms with Crippen molar-refractivity contribution in [1.29, 1.82) is 0 Å². The predicted octanol–water partition coefficient (Wildman–Crippen LogP) is 6.10.